The fourth-order valence-corrected chi connectivity index (χ4v) is 3.85. The van der Waals surface area contributed by atoms with Crippen LogP contribution in [0.25, 0.3) is 0 Å². The highest BCUT2D eigenvalue weighted by molar-refractivity contribution is 4.93. The Morgan fingerprint density at radius 2 is 1.89 bits per heavy atom. The summed E-state index contributed by atoms with van der Waals surface area (Å²) in [5.41, 5.74) is 0.583. The van der Waals surface area contributed by atoms with Crippen molar-refractivity contribution in [3.63, 3.8) is 0 Å². The van der Waals surface area contributed by atoms with Gasteiger partial charge < -0.3 is 39.7 Å². The van der Waals surface area contributed by atoms with Gasteiger partial charge in [0.25, 0.3) is 0 Å². The maximum atomic E-state index is 10.0. The maximum absolute atomic E-state index is 10.0. The Labute approximate surface area is 198 Å². The van der Waals surface area contributed by atoms with Gasteiger partial charge in [-0.2, -0.15) is 0 Å². The largest absolute Gasteiger partial charge is 0.394 e. The van der Waals surface area contributed by atoms with E-state index in [9.17, 15) is 25.5 Å². The third kappa shape index (κ3) is 8.03. The van der Waals surface area contributed by atoms with Crippen LogP contribution >= 0.6 is 0 Å². The number of rotatable bonds is 16. The molecule has 8 unspecified atom stereocenters. The van der Waals surface area contributed by atoms with Gasteiger partial charge in [0.05, 0.1) is 38.7 Å². The van der Waals surface area contributed by atoms with Crippen molar-refractivity contribution in [1.29, 1.82) is 0 Å². The summed E-state index contributed by atoms with van der Waals surface area (Å²) in [5, 5.41) is 79.3. The zero-order valence-electron chi connectivity index (χ0n) is 18.6. The standard InChI is InChI=1S/C18H31N3O14/c22-7-14-15(24)16(25)17(26)18(31-14)29-3-1-2-28-9-11-5-21(20-19-11)6-12-10(4-13(12)23)8-30-33-35-34-32-27/h5,10,12-18,22-27H,1-4,6-9H2. The SMILES string of the molecule is OCC1OC(OCCCOCc2cn(CC3C(O)CC3COOOOOO)nn2)C(O)C(O)C1O. The molecule has 1 aliphatic carbocycles. The molecule has 0 aromatic carbocycles. The third-order valence-corrected chi connectivity index (χ3v) is 5.86. The second-order valence-corrected chi connectivity index (χ2v) is 8.20. The highest BCUT2D eigenvalue weighted by Gasteiger charge is 2.44. The molecule has 35 heavy (non-hydrogen) atoms. The molecule has 1 aliphatic heterocycles. The van der Waals surface area contributed by atoms with Gasteiger partial charge in [-0.1, -0.05) is 5.21 Å². The highest BCUT2D eigenvalue weighted by Crippen LogP contribution is 2.36. The fourth-order valence-electron chi connectivity index (χ4n) is 3.85. The molecule has 1 saturated carbocycles. The average Bonchev–Trinajstić information content (AvgIpc) is 3.31. The first-order valence-electron chi connectivity index (χ1n) is 10.9. The molecule has 0 radical (unpaired) electrons. The molecule has 0 amide bonds. The molecule has 6 N–H and O–H groups in total. The lowest BCUT2D eigenvalue weighted by Gasteiger charge is -2.40. The van der Waals surface area contributed by atoms with Crippen molar-refractivity contribution >= 4 is 0 Å². The van der Waals surface area contributed by atoms with E-state index in [2.05, 4.69) is 30.5 Å². The number of ether oxygens (including phenoxy) is 3. The van der Waals surface area contributed by atoms with Crippen molar-refractivity contribution in [3.05, 3.63) is 11.9 Å². The van der Waals surface area contributed by atoms with Crippen molar-refractivity contribution in [2.45, 2.75) is 62.8 Å². The van der Waals surface area contributed by atoms with E-state index in [4.69, 9.17) is 24.4 Å². The van der Waals surface area contributed by atoms with Crippen LogP contribution in [0.5, 0.6) is 0 Å². The van der Waals surface area contributed by atoms with Gasteiger partial charge in [0, 0.05) is 19.1 Å². The molecule has 8 atom stereocenters. The third-order valence-electron chi connectivity index (χ3n) is 5.86. The zero-order valence-corrected chi connectivity index (χ0v) is 18.6. The van der Waals surface area contributed by atoms with Gasteiger partial charge in [0.2, 0.25) is 0 Å². The molecule has 1 aromatic rings. The minimum atomic E-state index is -1.49. The van der Waals surface area contributed by atoms with E-state index in [-0.39, 0.29) is 31.7 Å². The number of hydrogen-bond donors (Lipinski definition) is 6. The van der Waals surface area contributed by atoms with E-state index in [1.165, 1.54) is 0 Å². The van der Waals surface area contributed by atoms with Crippen molar-refractivity contribution in [2.75, 3.05) is 26.4 Å². The molecule has 2 aliphatic rings. The number of aromatic nitrogens is 3. The van der Waals surface area contributed by atoms with Crippen molar-refractivity contribution in [1.82, 2.24) is 15.0 Å². The summed E-state index contributed by atoms with van der Waals surface area (Å²) in [6.07, 6.45) is -4.46. The number of aliphatic hydroxyl groups excluding tert-OH is 5. The Morgan fingerprint density at radius 3 is 2.63 bits per heavy atom. The molecular weight excluding hydrogens is 482 g/mol. The van der Waals surface area contributed by atoms with Crippen LogP contribution < -0.4 is 0 Å². The molecule has 17 heteroatoms. The summed E-state index contributed by atoms with van der Waals surface area (Å²) in [4.78, 5) is 4.73. The number of hydrogen-bond acceptors (Lipinski definition) is 16. The van der Waals surface area contributed by atoms with Crippen LogP contribution in [-0.2, 0) is 52.4 Å². The summed E-state index contributed by atoms with van der Waals surface area (Å²) >= 11 is 0. The van der Waals surface area contributed by atoms with Gasteiger partial charge in [-0.05, 0) is 38.9 Å². The van der Waals surface area contributed by atoms with E-state index in [1.807, 2.05) is 0 Å². The lowest BCUT2D eigenvalue weighted by atomic mass is 9.71. The summed E-state index contributed by atoms with van der Waals surface area (Å²) in [6, 6.07) is 0. The molecule has 0 bridgehead atoms. The molecule has 2 heterocycles. The summed E-state index contributed by atoms with van der Waals surface area (Å²) < 4.78 is 17.8. The molecule has 17 nitrogen and oxygen atoms in total. The van der Waals surface area contributed by atoms with Gasteiger partial charge >= 0.3 is 0 Å². The minimum absolute atomic E-state index is 0.0313. The molecule has 0 spiro atoms. The normalized spacial score (nSPS) is 33.1. The van der Waals surface area contributed by atoms with Gasteiger partial charge in [0.1, 0.15) is 30.1 Å². The topological polar surface area (TPSA) is 226 Å². The quantitative estimate of drug-likeness (QED) is 0.0746. The van der Waals surface area contributed by atoms with Crippen molar-refractivity contribution < 1.29 is 70.0 Å². The van der Waals surface area contributed by atoms with E-state index in [0.29, 0.717) is 31.7 Å². The number of nitrogens with zero attached hydrogens (tertiary/aromatic N) is 3. The molecule has 3 rings (SSSR count). The van der Waals surface area contributed by atoms with Crippen LogP contribution in [0.2, 0.25) is 0 Å². The van der Waals surface area contributed by atoms with Gasteiger partial charge in [-0.3, -0.25) is 4.68 Å². The molecule has 202 valence electrons. The summed E-state index contributed by atoms with van der Waals surface area (Å²) in [6.45, 7) is 0.615. The Hall–Kier alpha value is -1.42. The van der Waals surface area contributed by atoms with Gasteiger partial charge in [-0.15, -0.1) is 5.10 Å². The van der Waals surface area contributed by atoms with E-state index >= 15 is 0 Å². The second kappa shape index (κ2) is 14.4. The molecule has 2 fully saturated rings. The van der Waals surface area contributed by atoms with Crippen molar-refractivity contribution in [3.8, 4) is 0 Å². The monoisotopic (exact) mass is 513 g/mol. The first-order valence-corrected chi connectivity index (χ1v) is 10.9. The van der Waals surface area contributed by atoms with Crippen LogP contribution in [0.15, 0.2) is 6.20 Å². The fraction of sp³-hybridized carbons (Fsp3) is 0.889. The van der Waals surface area contributed by atoms with E-state index < -0.39 is 43.4 Å². The lowest BCUT2D eigenvalue weighted by Crippen LogP contribution is -2.59. The second-order valence-electron chi connectivity index (χ2n) is 8.20. The van der Waals surface area contributed by atoms with Crippen LogP contribution in [0.3, 0.4) is 0 Å². The Balaban J connectivity index is 1.29. The van der Waals surface area contributed by atoms with Crippen LogP contribution in [0.4, 0.5) is 0 Å². The van der Waals surface area contributed by atoms with E-state index in [0.717, 1.165) is 0 Å². The first-order chi connectivity index (χ1) is 16.9. The summed E-state index contributed by atoms with van der Waals surface area (Å²) in [5.74, 6) is -0.181. The highest BCUT2D eigenvalue weighted by atomic mass is 17.8. The molecule has 1 aromatic heterocycles. The first kappa shape index (κ1) is 28.2. The smallest absolute Gasteiger partial charge is 0.186 e. The predicted molar refractivity (Wildman–Crippen MR) is 105 cm³/mol. The molecule has 1 saturated heterocycles. The van der Waals surface area contributed by atoms with E-state index in [1.54, 1.807) is 10.9 Å². The summed E-state index contributed by atoms with van der Waals surface area (Å²) in [7, 11) is 0. The Bertz CT molecular complexity index is 726. The van der Waals surface area contributed by atoms with Gasteiger partial charge in [0.15, 0.2) is 6.29 Å². The Morgan fingerprint density at radius 1 is 1.06 bits per heavy atom. The lowest BCUT2D eigenvalue weighted by molar-refractivity contribution is -0.753. The van der Waals surface area contributed by atoms with Crippen LogP contribution in [0.1, 0.15) is 18.5 Å². The van der Waals surface area contributed by atoms with Crippen molar-refractivity contribution in [2.24, 2.45) is 11.8 Å². The van der Waals surface area contributed by atoms with Crippen LogP contribution in [0, 0.1) is 11.8 Å². The maximum Gasteiger partial charge on any atom is 0.186 e. The minimum Gasteiger partial charge on any atom is -0.394 e. The number of aliphatic hydroxyl groups is 5. The zero-order chi connectivity index (χ0) is 25.2. The Kier molecular flexibility index (Phi) is 11.5. The predicted octanol–water partition coefficient (Wildman–Crippen LogP) is -2.79. The van der Waals surface area contributed by atoms with Gasteiger partial charge in [-0.25, -0.2) is 10.1 Å². The average molecular weight is 513 g/mol. The van der Waals surface area contributed by atoms with Crippen LogP contribution in [-0.4, -0.2) is 109 Å². The molecular formula is C18H31N3O14.